The highest BCUT2D eigenvalue weighted by Crippen LogP contribution is 2.30. The molecule has 0 aliphatic heterocycles. The number of anilines is 2. The monoisotopic (exact) mass is 331 g/mol. The normalized spacial score (nSPS) is 10.1. The Balaban J connectivity index is 2.07. The number of ether oxygens (including phenoxy) is 3. The van der Waals surface area contributed by atoms with Gasteiger partial charge in [-0.2, -0.15) is 0 Å². The van der Waals surface area contributed by atoms with Gasteiger partial charge in [-0.1, -0.05) is 0 Å². The standard InChI is InChI=1S/C17H21N3O4/c1-22-9-8-18-17(21)12-4-7-16(19-11-12)20-14-10-13(23-2)5-6-15(14)24-3/h4-7,10-11H,8-9H2,1-3H3,(H,18,21)(H,19,20). The Morgan fingerprint density at radius 2 is 1.96 bits per heavy atom. The van der Waals surface area contributed by atoms with E-state index >= 15 is 0 Å². The number of pyridine rings is 1. The Bertz CT molecular complexity index is 674. The topological polar surface area (TPSA) is 81.7 Å². The third kappa shape index (κ3) is 4.60. The van der Waals surface area contributed by atoms with Crippen LogP contribution in [0.1, 0.15) is 10.4 Å². The van der Waals surface area contributed by atoms with Gasteiger partial charge in [-0.3, -0.25) is 4.79 Å². The van der Waals surface area contributed by atoms with Crippen molar-refractivity contribution >= 4 is 17.4 Å². The van der Waals surface area contributed by atoms with Gasteiger partial charge in [-0.25, -0.2) is 4.98 Å². The summed E-state index contributed by atoms with van der Waals surface area (Å²) in [5.41, 5.74) is 1.20. The van der Waals surface area contributed by atoms with Crippen LogP contribution in [0.15, 0.2) is 36.5 Å². The first-order chi connectivity index (χ1) is 11.7. The van der Waals surface area contributed by atoms with Crippen molar-refractivity contribution < 1.29 is 19.0 Å². The summed E-state index contributed by atoms with van der Waals surface area (Å²) in [6, 6.07) is 8.85. The Hall–Kier alpha value is -2.80. The summed E-state index contributed by atoms with van der Waals surface area (Å²) in [6.45, 7) is 0.921. The summed E-state index contributed by atoms with van der Waals surface area (Å²) >= 11 is 0. The van der Waals surface area contributed by atoms with Crippen LogP contribution in [0.25, 0.3) is 0 Å². The zero-order chi connectivity index (χ0) is 17.4. The molecule has 0 aliphatic rings. The molecule has 1 heterocycles. The molecule has 0 fully saturated rings. The fraction of sp³-hybridized carbons (Fsp3) is 0.294. The average Bonchev–Trinajstić information content (AvgIpc) is 2.62. The molecule has 0 radical (unpaired) electrons. The average molecular weight is 331 g/mol. The maximum absolute atomic E-state index is 11.9. The lowest BCUT2D eigenvalue weighted by molar-refractivity contribution is 0.0937. The molecule has 7 nitrogen and oxygen atoms in total. The lowest BCUT2D eigenvalue weighted by Gasteiger charge is -2.12. The first-order valence-corrected chi connectivity index (χ1v) is 7.40. The molecule has 1 amide bonds. The van der Waals surface area contributed by atoms with E-state index in [1.807, 2.05) is 12.1 Å². The summed E-state index contributed by atoms with van der Waals surface area (Å²) in [4.78, 5) is 16.2. The van der Waals surface area contributed by atoms with Gasteiger partial charge in [0.15, 0.2) is 0 Å². The van der Waals surface area contributed by atoms with E-state index in [1.165, 1.54) is 6.20 Å². The van der Waals surface area contributed by atoms with Crippen LogP contribution < -0.4 is 20.1 Å². The minimum Gasteiger partial charge on any atom is -0.497 e. The first kappa shape index (κ1) is 17.6. The van der Waals surface area contributed by atoms with E-state index in [0.29, 0.717) is 36.0 Å². The number of rotatable bonds is 8. The zero-order valence-corrected chi connectivity index (χ0v) is 14.0. The third-order valence-electron chi connectivity index (χ3n) is 3.29. The molecule has 0 atom stereocenters. The number of nitrogens with zero attached hydrogens (tertiary/aromatic N) is 1. The number of nitrogens with one attached hydrogen (secondary N) is 2. The lowest BCUT2D eigenvalue weighted by atomic mass is 10.2. The largest absolute Gasteiger partial charge is 0.497 e. The molecule has 0 unspecified atom stereocenters. The van der Waals surface area contributed by atoms with Crippen LogP contribution in [0, 0.1) is 0 Å². The van der Waals surface area contributed by atoms with Crippen LogP contribution in [0.4, 0.5) is 11.5 Å². The Morgan fingerprint density at radius 1 is 1.12 bits per heavy atom. The quantitative estimate of drug-likeness (QED) is 0.722. The molecule has 7 heteroatoms. The van der Waals surface area contributed by atoms with E-state index in [1.54, 1.807) is 39.5 Å². The van der Waals surface area contributed by atoms with Crippen LogP contribution in [0.3, 0.4) is 0 Å². The van der Waals surface area contributed by atoms with Crippen molar-refractivity contribution in [1.82, 2.24) is 10.3 Å². The van der Waals surface area contributed by atoms with E-state index in [0.717, 1.165) is 5.69 Å². The number of amides is 1. The van der Waals surface area contributed by atoms with Crippen LogP contribution in [-0.2, 0) is 4.74 Å². The molecular formula is C17H21N3O4. The first-order valence-electron chi connectivity index (χ1n) is 7.40. The van der Waals surface area contributed by atoms with Gasteiger partial charge in [-0.15, -0.1) is 0 Å². The minimum atomic E-state index is -0.190. The summed E-state index contributed by atoms with van der Waals surface area (Å²) in [5, 5.41) is 5.89. The molecule has 0 bridgehead atoms. The van der Waals surface area contributed by atoms with Gasteiger partial charge in [0, 0.05) is 25.9 Å². The Morgan fingerprint density at radius 3 is 2.58 bits per heavy atom. The highest BCUT2D eigenvalue weighted by molar-refractivity contribution is 5.94. The number of hydrogen-bond acceptors (Lipinski definition) is 6. The predicted octanol–water partition coefficient (Wildman–Crippen LogP) is 2.22. The molecule has 1 aromatic carbocycles. The van der Waals surface area contributed by atoms with Gasteiger partial charge in [0.05, 0.1) is 32.1 Å². The van der Waals surface area contributed by atoms with E-state index in [9.17, 15) is 4.79 Å². The molecule has 24 heavy (non-hydrogen) atoms. The molecular weight excluding hydrogens is 310 g/mol. The van der Waals surface area contributed by atoms with Gasteiger partial charge in [-0.05, 0) is 24.3 Å². The number of aromatic nitrogens is 1. The summed E-state index contributed by atoms with van der Waals surface area (Å²) in [7, 11) is 4.77. The highest BCUT2D eigenvalue weighted by atomic mass is 16.5. The summed E-state index contributed by atoms with van der Waals surface area (Å²) < 4.78 is 15.4. The molecule has 0 saturated heterocycles. The Kier molecular flexibility index (Phi) is 6.39. The fourth-order valence-electron chi connectivity index (χ4n) is 2.02. The lowest BCUT2D eigenvalue weighted by Crippen LogP contribution is -2.26. The molecule has 0 aliphatic carbocycles. The minimum absolute atomic E-state index is 0.190. The van der Waals surface area contributed by atoms with E-state index < -0.39 is 0 Å². The molecule has 128 valence electrons. The van der Waals surface area contributed by atoms with Crippen LogP contribution in [0.2, 0.25) is 0 Å². The smallest absolute Gasteiger partial charge is 0.252 e. The number of hydrogen-bond donors (Lipinski definition) is 2. The van der Waals surface area contributed by atoms with Crippen LogP contribution in [-0.4, -0.2) is 45.4 Å². The molecule has 0 saturated carbocycles. The number of benzene rings is 1. The van der Waals surface area contributed by atoms with Gasteiger partial charge in [0.1, 0.15) is 17.3 Å². The van der Waals surface area contributed by atoms with Crippen LogP contribution in [0.5, 0.6) is 11.5 Å². The van der Waals surface area contributed by atoms with Crippen molar-refractivity contribution in [3.63, 3.8) is 0 Å². The second kappa shape index (κ2) is 8.73. The van der Waals surface area contributed by atoms with Gasteiger partial charge >= 0.3 is 0 Å². The van der Waals surface area contributed by atoms with E-state index in [2.05, 4.69) is 15.6 Å². The molecule has 2 N–H and O–H groups in total. The maximum Gasteiger partial charge on any atom is 0.252 e. The number of carbonyl (C=O) groups is 1. The highest BCUT2D eigenvalue weighted by Gasteiger charge is 2.08. The molecule has 1 aromatic heterocycles. The van der Waals surface area contributed by atoms with Gasteiger partial charge in [0.25, 0.3) is 5.91 Å². The maximum atomic E-state index is 11.9. The Labute approximate surface area is 140 Å². The molecule has 0 spiro atoms. The van der Waals surface area contributed by atoms with Gasteiger partial charge in [0.2, 0.25) is 0 Å². The third-order valence-corrected chi connectivity index (χ3v) is 3.29. The van der Waals surface area contributed by atoms with Gasteiger partial charge < -0.3 is 24.8 Å². The number of methoxy groups -OCH3 is 3. The van der Waals surface area contributed by atoms with E-state index in [-0.39, 0.29) is 5.91 Å². The molecule has 2 rings (SSSR count). The fourth-order valence-corrected chi connectivity index (χ4v) is 2.02. The van der Waals surface area contributed by atoms with Crippen molar-refractivity contribution in [2.75, 3.05) is 39.8 Å². The SMILES string of the molecule is COCCNC(=O)c1ccc(Nc2cc(OC)ccc2OC)nc1. The van der Waals surface area contributed by atoms with Crippen LogP contribution >= 0.6 is 0 Å². The second-order valence-corrected chi connectivity index (χ2v) is 4.87. The van der Waals surface area contributed by atoms with E-state index in [4.69, 9.17) is 14.2 Å². The second-order valence-electron chi connectivity index (χ2n) is 4.87. The molecule has 2 aromatic rings. The zero-order valence-electron chi connectivity index (χ0n) is 14.0. The van der Waals surface area contributed by atoms with Crippen molar-refractivity contribution in [1.29, 1.82) is 0 Å². The summed E-state index contributed by atoms with van der Waals surface area (Å²) in [5.74, 6) is 1.77. The predicted molar refractivity (Wildman–Crippen MR) is 91.3 cm³/mol. The van der Waals surface area contributed by atoms with Crippen molar-refractivity contribution in [2.45, 2.75) is 0 Å². The summed E-state index contributed by atoms with van der Waals surface area (Å²) in [6.07, 6.45) is 1.51. The van der Waals surface area contributed by atoms with Crippen molar-refractivity contribution in [2.24, 2.45) is 0 Å². The van der Waals surface area contributed by atoms with Crippen molar-refractivity contribution in [3.05, 3.63) is 42.1 Å². The van der Waals surface area contributed by atoms with Crippen molar-refractivity contribution in [3.8, 4) is 11.5 Å². The number of carbonyl (C=O) groups excluding carboxylic acids is 1.